The molecule has 0 aliphatic rings. The van der Waals surface area contributed by atoms with Gasteiger partial charge < -0.3 is 14.9 Å². The summed E-state index contributed by atoms with van der Waals surface area (Å²) in [6, 6.07) is 2.43. The van der Waals surface area contributed by atoms with E-state index >= 15 is 0 Å². The summed E-state index contributed by atoms with van der Waals surface area (Å²) in [5, 5.41) is 28.6. The maximum Gasteiger partial charge on any atom is 0.314 e. The van der Waals surface area contributed by atoms with Gasteiger partial charge in [-0.25, -0.2) is 0 Å². The van der Waals surface area contributed by atoms with Crippen molar-refractivity contribution in [1.82, 2.24) is 0 Å². The number of methoxy groups -OCH3 is 1. The van der Waals surface area contributed by atoms with Crippen LogP contribution < -0.4 is 4.74 Å². The normalized spacial score (nSPS) is 9.86. The lowest BCUT2D eigenvalue weighted by molar-refractivity contribution is -0.386. The van der Waals surface area contributed by atoms with Gasteiger partial charge in [0, 0.05) is 5.56 Å². The first-order chi connectivity index (χ1) is 6.60. The number of nitrogens with zero attached hydrogens (tertiary/aromatic N) is 1. The lowest BCUT2D eigenvalue weighted by Gasteiger charge is -2.05. The van der Waals surface area contributed by atoms with E-state index in [1.807, 2.05) is 0 Å². The molecule has 0 unspecified atom stereocenters. The van der Waals surface area contributed by atoms with Gasteiger partial charge >= 0.3 is 5.69 Å². The maximum absolute atomic E-state index is 10.5. The molecule has 0 spiro atoms. The van der Waals surface area contributed by atoms with Crippen LogP contribution in [0.25, 0.3) is 0 Å². The summed E-state index contributed by atoms with van der Waals surface area (Å²) in [6.07, 6.45) is 0. The molecule has 6 heteroatoms. The second-order valence-electron chi connectivity index (χ2n) is 2.57. The fourth-order valence-corrected chi connectivity index (χ4v) is 1.03. The molecule has 1 aromatic carbocycles. The van der Waals surface area contributed by atoms with Gasteiger partial charge in [-0.1, -0.05) is 0 Å². The van der Waals surface area contributed by atoms with Crippen LogP contribution in [-0.2, 0) is 6.61 Å². The SMILES string of the molecule is COc1cc(CO)c(O)c([N+](=O)[O-])c1. The first-order valence-corrected chi connectivity index (χ1v) is 3.75. The first-order valence-electron chi connectivity index (χ1n) is 3.75. The molecule has 0 fully saturated rings. The number of hydrogen-bond acceptors (Lipinski definition) is 5. The summed E-state index contributed by atoms with van der Waals surface area (Å²) < 4.78 is 4.78. The first kappa shape index (κ1) is 10.3. The number of aliphatic hydroxyl groups excluding tert-OH is 1. The molecular weight excluding hydrogens is 190 g/mol. The Balaban J connectivity index is 3.34. The zero-order chi connectivity index (χ0) is 10.7. The Hall–Kier alpha value is -1.82. The van der Waals surface area contributed by atoms with E-state index in [9.17, 15) is 15.2 Å². The van der Waals surface area contributed by atoms with E-state index in [-0.39, 0.29) is 11.3 Å². The molecule has 0 atom stereocenters. The number of rotatable bonds is 3. The van der Waals surface area contributed by atoms with Gasteiger partial charge in [0.25, 0.3) is 0 Å². The average molecular weight is 199 g/mol. The Morgan fingerprint density at radius 1 is 1.57 bits per heavy atom. The Morgan fingerprint density at radius 3 is 2.64 bits per heavy atom. The molecular formula is C8H9NO5. The van der Waals surface area contributed by atoms with Gasteiger partial charge in [0.2, 0.25) is 0 Å². The number of nitro benzene ring substituents is 1. The van der Waals surface area contributed by atoms with E-state index in [1.165, 1.54) is 13.2 Å². The highest BCUT2D eigenvalue weighted by Gasteiger charge is 2.18. The minimum atomic E-state index is -0.739. The topological polar surface area (TPSA) is 92.8 Å². The molecule has 0 heterocycles. The monoisotopic (exact) mass is 199 g/mol. The third-order valence-electron chi connectivity index (χ3n) is 1.74. The van der Waals surface area contributed by atoms with Gasteiger partial charge in [-0.2, -0.15) is 0 Å². The molecule has 1 aromatic rings. The summed E-state index contributed by atoms with van der Waals surface area (Å²) >= 11 is 0. The van der Waals surface area contributed by atoms with Crippen LogP contribution in [0.4, 0.5) is 5.69 Å². The molecule has 1 rings (SSSR count). The van der Waals surface area contributed by atoms with Crippen LogP contribution >= 0.6 is 0 Å². The van der Waals surface area contributed by atoms with Gasteiger partial charge in [-0.3, -0.25) is 10.1 Å². The number of aliphatic hydroxyl groups is 1. The van der Waals surface area contributed by atoms with Crippen molar-refractivity contribution in [1.29, 1.82) is 0 Å². The highest BCUT2D eigenvalue weighted by molar-refractivity contribution is 5.55. The quantitative estimate of drug-likeness (QED) is 0.554. The van der Waals surface area contributed by atoms with E-state index < -0.39 is 23.0 Å². The van der Waals surface area contributed by atoms with Gasteiger partial charge in [0.1, 0.15) is 5.75 Å². The Bertz CT molecular complexity index is 363. The van der Waals surface area contributed by atoms with Crippen molar-refractivity contribution >= 4 is 5.69 Å². The van der Waals surface area contributed by atoms with Crippen LogP contribution in [-0.4, -0.2) is 22.2 Å². The molecule has 0 aromatic heterocycles. The number of benzene rings is 1. The van der Waals surface area contributed by atoms with Crippen LogP contribution in [0.2, 0.25) is 0 Å². The Labute approximate surface area is 79.5 Å². The molecule has 0 bridgehead atoms. The zero-order valence-corrected chi connectivity index (χ0v) is 7.43. The molecule has 0 saturated carbocycles. The molecule has 0 radical (unpaired) electrons. The van der Waals surface area contributed by atoms with E-state index in [2.05, 4.69) is 0 Å². The average Bonchev–Trinajstić information content (AvgIpc) is 2.17. The highest BCUT2D eigenvalue weighted by atomic mass is 16.6. The minimum Gasteiger partial charge on any atom is -0.502 e. The smallest absolute Gasteiger partial charge is 0.314 e. The Kier molecular flexibility index (Phi) is 2.88. The standard InChI is InChI=1S/C8H9NO5/c1-14-6-2-5(4-10)8(11)7(3-6)9(12)13/h2-3,10-11H,4H2,1H3. The molecule has 76 valence electrons. The minimum absolute atomic E-state index is 0.0658. The molecule has 0 saturated heterocycles. The molecule has 14 heavy (non-hydrogen) atoms. The predicted octanol–water partition coefficient (Wildman–Crippen LogP) is 0.801. The van der Waals surface area contributed by atoms with Crippen LogP contribution in [0.3, 0.4) is 0 Å². The number of hydrogen-bond donors (Lipinski definition) is 2. The lowest BCUT2D eigenvalue weighted by Crippen LogP contribution is -1.95. The molecule has 2 N–H and O–H groups in total. The van der Waals surface area contributed by atoms with E-state index in [4.69, 9.17) is 9.84 Å². The van der Waals surface area contributed by atoms with Crippen molar-refractivity contribution in [2.45, 2.75) is 6.61 Å². The van der Waals surface area contributed by atoms with Crippen molar-refractivity contribution in [3.8, 4) is 11.5 Å². The predicted molar refractivity (Wildman–Crippen MR) is 47.2 cm³/mol. The van der Waals surface area contributed by atoms with Gasteiger partial charge in [0.15, 0.2) is 5.75 Å². The van der Waals surface area contributed by atoms with E-state index in [0.717, 1.165) is 6.07 Å². The summed E-state index contributed by atoms with van der Waals surface area (Å²) in [4.78, 5) is 9.73. The number of ether oxygens (including phenoxy) is 1. The third-order valence-corrected chi connectivity index (χ3v) is 1.74. The van der Waals surface area contributed by atoms with E-state index in [1.54, 1.807) is 0 Å². The summed E-state index contributed by atoms with van der Waals surface area (Å²) in [5.41, 5.74) is -0.413. The summed E-state index contributed by atoms with van der Waals surface area (Å²) in [5.74, 6) is -0.308. The second kappa shape index (κ2) is 3.93. The fraction of sp³-hybridized carbons (Fsp3) is 0.250. The van der Waals surface area contributed by atoms with Crippen molar-refractivity contribution in [3.63, 3.8) is 0 Å². The van der Waals surface area contributed by atoms with Crippen LogP contribution in [0.1, 0.15) is 5.56 Å². The van der Waals surface area contributed by atoms with Gasteiger partial charge in [-0.05, 0) is 6.07 Å². The second-order valence-corrected chi connectivity index (χ2v) is 2.57. The van der Waals surface area contributed by atoms with Crippen molar-refractivity contribution < 1.29 is 19.9 Å². The van der Waals surface area contributed by atoms with Crippen LogP contribution in [0.5, 0.6) is 11.5 Å². The molecule has 0 aliphatic carbocycles. The fourth-order valence-electron chi connectivity index (χ4n) is 1.03. The maximum atomic E-state index is 10.5. The molecule has 0 amide bonds. The summed E-state index contributed by atoms with van der Waals surface area (Å²) in [7, 11) is 1.34. The van der Waals surface area contributed by atoms with Crippen LogP contribution in [0, 0.1) is 10.1 Å². The molecule has 0 aliphatic heterocycles. The Morgan fingerprint density at radius 2 is 2.21 bits per heavy atom. The van der Waals surface area contributed by atoms with Gasteiger partial charge in [0.05, 0.1) is 24.7 Å². The number of aromatic hydroxyl groups is 1. The highest BCUT2D eigenvalue weighted by Crippen LogP contribution is 2.34. The van der Waals surface area contributed by atoms with Crippen molar-refractivity contribution in [2.75, 3.05) is 7.11 Å². The summed E-state index contributed by atoms with van der Waals surface area (Å²) in [6.45, 7) is -0.482. The number of phenols is 1. The third kappa shape index (κ3) is 1.74. The zero-order valence-electron chi connectivity index (χ0n) is 7.43. The van der Waals surface area contributed by atoms with Crippen molar-refractivity contribution in [3.05, 3.63) is 27.8 Å². The van der Waals surface area contributed by atoms with Gasteiger partial charge in [-0.15, -0.1) is 0 Å². The number of nitro groups is 1. The lowest BCUT2D eigenvalue weighted by atomic mass is 10.1. The van der Waals surface area contributed by atoms with E-state index in [0.29, 0.717) is 0 Å². The van der Waals surface area contributed by atoms with Crippen LogP contribution in [0.15, 0.2) is 12.1 Å². The largest absolute Gasteiger partial charge is 0.502 e. The molecule has 6 nitrogen and oxygen atoms in total. The van der Waals surface area contributed by atoms with Crippen molar-refractivity contribution in [2.24, 2.45) is 0 Å².